The largest absolute Gasteiger partial charge is 0.355 e. The van der Waals surface area contributed by atoms with Gasteiger partial charge in [0, 0.05) is 37.8 Å². The van der Waals surface area contributed by atoms with Gasteiger partial charge in [0.1, 0.15) is 0 Å². The van der Waals surface area contributed by atoms with Gasteiger partial charge in [-0.15, -0.1) is 0 Å². The zero-order chi connectivity index (χ0) is 20.7. The van der Waals surface area contributed by atoms with Crippen LogP contribution in [0.15, 0.2) is 53.4 Å². The van der Waals surface area contributed by atoms with Crippen LogP contribution in [-0.2, 0) is 16.6 Å². The lowest BCUT2D eigenvalue weighted by atomic mass is 10.1. The average Bonchev–Trinajstić information content (AvgIpc) is 2.72. The molecule has 2 rings (SSSR count). The predicted octanol–water partition coefficient (Wildman–Crippen LogP) is 2.01. The maximum Gasteiger partial charge on any atom is 0.251 e. The summed E-state index contributed by atoms with van der Waals surface area (Å²) >= 11 is 0. The molecule has 2 aromatic carbocycles. The summed E-state index contributed by atoms with van der Waals surface area (Å²) in [5.74, 6) is -0.475. The van der Waals surface area contributed by atoms with Gasteiger partial charge in [-0.3, -0.25) is 9.59 Å². The summed E-state index contributed by atoms with van der Waals surface area (Å²) in [6.45, 7) is 4.64. The Hall–Kier alpha value is -2.71. The van der Waals surface area contributed by atoms with Gasteiger partial charge in [0.15, 0.2) is 0 Å². The molecule has 2 aromatic rings. The Labute approximate surface area is 165 Å². The predicted molar refractivity (Wildman–Crippen MR) is 108 cm³/mol. The van der Waals surface area contributed by atoms with Crippen LogP contribution in [0.5, 0.6) is 0 Å². The lowest BCUT2D eigenvalue weighted by Crippen LogP contribution is -2.30. The summed E-state index contributed by atoms with van der Waals surface area (Å²) in [6.07, 6.45) is 0. The van der Waals surface area contributed by atoms with Crippen LogP contribution in [0.4, 0.5) is 0 Å². The van der Waals surface area contributed by atoms with Gasteiger partial charge >= 0.3 is 0 Å². The molecule has 0 atom stereocenters. The van der Waals surface area contributed by atoms with Crippen LogP contribution < -0.4 is 10.6 Å². The van der Waals surface area contributed by atoms with Crippen molar-refractivity contribution in [1.29, 1.82) is 0 Å². The lowest BCUT2D eigenvalue weighted by Gasteiger charge is -2.18. The van der Waals surface area contributed by atoms with Crippen LogP contribution >= 0.6 is 0 Å². The second-order valence-corrected chi connectivity index (χ2v) is 8.01. The second-order valence-electron chi connectivity index (χ2n) is 6.07. The van der Waals surface area contributed by atoms with Crippen molar-refractivity contribution in [3.8, 4) is 0 Å². The van der Waals surface area contributed by atoms with Crippen LogP contribution in [0.3, 0.4) is 0 Å². The molecule has 0 unspecified atom stereocenters. The fourth-order valence-corrected chi connectivity index (χ4v) is 4.15. The van der Waals surface area contributed by atoms with Crippen molar-refractivity contribution < 1.29 is 18.0 Å². The molecule has 0 saturated carbocycles. The monoisotopic (exact) mass is 403 g/mol. The first kappa shape index (κ1) is 21.6. The van der Waals surface area contributed by atoms with Crippen molar-refractivity contribution in [3.05, 3.63) is 65.2 Å². The van der Waals surface area contributed by atoms with Crippen LogP contribution in [0, 0.1) is 0 Å². The van der Waals surface area contributed by atoms with Gasteiger partial charge in [-0.2, -0.15) is 4.31 Å². The number of hydrogen-bond donors (Lipinski definition) is 2. The number of carbonyl (C=O) groups excluding carboxylic acids is 2. The van der Waals surface area contributed by atoms with E-state index in [-0.39, 0.29) is 16.7 Å². The highest BCUT2D eigenvalue weighted by molar-refractivity contribution is 7.89. The SMILES string of the molecule is CCN(CC)S(=O)(=O)c1ccc(C(=O)NCc2ccc(C(=O)NC)cc2)cc1. The minimum atomic E-state index is -3.54. The Morgan fingerprint density at radius 2 is 1.36 bits per heavy atom. The molecular weight excluding hydrogens is 378 g/mol. The summed E-state index contributed by atoms with van der Waals surface area (Å²) in [6, 6.07) is 12.8. The Morgan fingerprint density at radius 1 is 0.857 bits per heavy atom. The molecule has 0 spiro atoms. The summed E-state index contributed by atoms with van der Waals surface area (Å²) in [7, 11) is -1.98. The second kappa shape index (κ2) is 9.48. The number of nitrogens with one attached hydrogen (secondary N) is 2. The maximum atomic E-state index is 12.5. The average molecular weight is 404 g/mol. The summed E-state index contributed by atoms with van der Waals surface area (Å²) < 4.78 is 26.3. The molecule has 0 saturated heterocycles. The first-order chi connectivity index (χ1) is 13.3. The van der Waals surface area contributed by atoms with Gasteiger partial charge in [-0.05, 0) is 42.0 Å². The molecule has 0 aromatic heterocycles. The Kier molecular flexibility index (Phi) is 7.31. The molecule has 2 N–H and O–H groups in total. The van der Waals surface area contributed by atoms with E-state index in [4.69, 9.17) is 0 Å². The van der Waals surface area contributed by atoms with Gasteiger partial charge in [0.25, 0.3) is 11.8 Å². The molecule has 8 heteroatoms. The third-order valence-electron chi connectivity index (χ3n) is 4.36. The fraction of sp³-hybridized carbons (Fsp3) is 0.300. The van der Waals surface area contributed by atoms with Crippen molar-refractivity contribution in [2.24, 2.45) is 0 Å². The zero-order valence-electron chi connectivity index (χ0n) is 16.2. The van der Waals surface area contributed by atoms with E-state index in [0.29, 0.717) is 30.8 Å². The molecule has 28 heavy (non-hydrogen) atoms. The van der Waals surface area contributed by atoms with Crippen LogP contribution in [-0.4, -0.2) is 44.7 Å². The number of amides is 2. The molecule has 0 aliphatic carbocycles. The molecule has 0 bridgehead atoms. The number of sulfonamides is 1. The molecule has 0 heterocycles. The summed E-state index contributed by atoms with van der Waals surface area (Å²) in [5.41, 5.74) is 1.77. The van der Waals surface area contributed by atoms with E-state index in [1.807, 2.05) is 0 Å². The van der Waals surface area contributed by atoms with Gasteiger partial charge in [-0.1, -0.05) is 26.0 Å². The Morgan fingerprint density at radius 3 is 1.86 bits per heavy atom. The van der Waals surface area contributed by atoms with Gasteiger partial charge in [0.05, 0.1) is 4.90 Å². The molecular formula is C20H25N3O4S. The summed E-state index contributed by atoms with van der Waals surface area (Å²) in [5, 5.41) is 5.33. The van der Waals surface area contributed by atoms with Crippen molar-refractivity contribution >= 4 is 21.8 Å². The van der Waals surface area contributed by atoms with E-state index < -0.39 is 10.0 Å². The third-order valence-corrected chi connectivity index (χ3v) is 6.42. The highest BCUT2D eigenvalue weighted by Crippen LogP contribution is 2.16. The molecule has 7 nitrogen and oxygen atoms in total. The van der Waals surface area contributed by atoms with Gasteiger partial charge in [0.2, 0.25) is 10.0 Å². The highest BCUT2D eigenvalue weighted by Gasteiger charge is 2.21. The lowest BCUT2D eigenvalue weighted by molar-refractivity contribution is 0.0946. The highest BCUT2D eigenvalue weighted by atomic mass is 32.2. The minimum absolute atomic E-state index is 0.164. The van der Waals surface area contributed by atoms with E-state index in [2.05, 4.69) is 10.6 Å². The first-order valence-electron chi connectivity index (χ1n) is 9.02. The minimum Gasteiger partial charge on any atom is -0.355 e. The summed E-state index contributed by atoms with van der Waals surface area (Å²) in [4.78, 5) is 24.0. The van der Waals surface area contributed by atoms with Crippen molar-refractivity contribution in [1.82, 2.24) is 14.9 Å². The molecule has 150 valence electrons. The van der Waals surface area contributed by atoms with E-state index in [0.717, 1.165) is 5.56 Å². The third kappa shape index (κ3) is 4.96. The van der Waals surface area contributed by atoms with E-state index in [1.165, 1.54) is 28.6 Å². The Balaban J connectivity index is 2.02. The topological polar surface area (TPSA) is 95.6 Å². The van der Waals surface area contributed by atoms with Crippen LogP contribution in [0.2, 0.25) is 0 Å². The van der Waals surface area contributed by atoms with Gasteiger partial charge in [-0.25, -0.2) is 8.42 Å². The number of hydrogen-bond acceptors (Lipinski definition) is 4. The number of nitrogens with zero attached hydrogens (tertiary/aromatic N) is 1. The standard InChI is InChI=1S/C20H25N3O4S/c1-4-23(5-2)28(26,27)18-12-10-17(11-13-18)20(25)22-14-15-6-8-16(9-7-15)19(24)21-3/h6-13H,4-5,14H2,1-3H3,(H,21,24)(H,22,25). The normalized spacial score (nSPS) is 11.3. The first-order valence-corrected chi connectivity index (χ1v) is 10.5. The molecule has 2 amide bonds. The number of rotatable bonds is 8. The van der Waals surface area contributed by atoms with E-state index in [9.17, 15) is 18.0 Å². The number of benzene rings is 2. The molecule has 0 aliphatic rings. The van der Waals surface area contributed by atoms with Gasteiger partial charge < -0.3 is 10.6 Å². The fourth-order valence-electron chi connectivity index (χ4n) is 2.69. The van der Waals surface area contributed by atoms with Crippen molar-refractivity contribution in [2.75, 3.05) is 20.1 Å². The smallest absolute Gasteiger partial charge is 0.251 e. The maximum absolute atomic E-state index is 12.5. The molecule has 0 aliphatic heterocycles. The van der Waals surface area contributed by atoms with Crippen LogP contribution in [0.1, 0.15) is 40.1 Å². The number of carbonyl (C=O) groups is 2. The van der Waals surface area contributed by atoms with Crippen molar-refractivity contribution in [2.45, 2.75) is 25.3 Å². The van der Waals surface area contributed by atoms with E-state index in [1.54, 1.807) is 45.2 Å². The van der Waals surface area contributed by atoms with Crippen LogP contribution in [0.25, 0.3) is 0 Å². The zero-order valence-corrected chi connectivity index (χ0v) is 17.0. The van der Waals surface area contributed by atoms with Crippen molar-refractivity contribution in [3.63, 3.8) is 0 Å². The van der Waals surface area contributed by atoms with E-state index >= 15 is 0 Å². The quantitative estimate of drug-likeness (QED) is 0.705. The molecule has 0 fully saturated rings. The Bertz CT molecular complexity index is 919. The molecule has 0 radical (unpaired) electrons.